The largest absolute Gasteiger partial charge is 0.192 e. The van der Waals surface area contributed by atoms with Crippen LogP contribution in [0.25, 0.3) is 66.1 Å². The van der Waals surface area contributed by atoms with Gasteiger partial charge >= 0.3 is 0 Å². The topological polar surface area (TPSA) is 0 Å². The van der Waals surface area contributed by atoms with E-state index in [1.807, 2.05) is 0 Å². The Hall–Kier alpha value is -5.11. The number of allylic oxidation sites excluding steroid dienone is 4. The highest BCUT2D eigenvalue weighted by atomic mass is 32.3. The molecule has 9 rings (SSSR count). The van der Waals surface area contributed by atoms with Gasteiger partial charge in [-0.05, 0) is 129 Å². The Kier molecular flexibility index (Phi) is 7.04. The van der Waals surface area contributed by atoms with E-state index in [9.17, 15) is 0 Å². The minimum atomic E-state index is -1.27. The lowest BCUT2D eigenvalue weighted by Gasteiger charge is -2.30. The van der Waals surface area contributed by atoms with Gasteiger partial charge in [-0.15, -0.1) is 0 Å². The van der Waals surface area contributed by atoms with Crippen LogP contribution in [0.4, 0.5) is 0 Å². The quantitative estimate of drug-likeness (QED) is 0.167. The molecule has 49 heavy (non-hydrogen) atoms. The summed E-state index contributed by atoms with van der Waals surface area (Å²) >= 11 is 0. The number of rotatable bonds is 4. The maximum absolute atomic E-state index is 2.60. The zero-order chi connectivity index (χ0) is 33.3. The van der Waals surface area contributed by atoms with Gasteiger partial charge < -0.3 is 0 Å². The highest BCUT2D eigenvalue weighted by molar-refractivity contribution is 8.33. The van der Waals surface area contributed by atoms with Crippen LogP contribution in [-0.2, 0) is 0 Å². The highest BCUT2D eigenvalue weighted by Crippen LogP contribution is 2.68. The van der Waals surface area contributed by atoms with E-state index in [-0.39, 0.29) is 0 Å². The molecule has 238 valence electrons. The molecule has 0 spiro atoms. The lowest BCUT2D eigenvalue weighted by molar-refractivity contribution is 0.858. The number of benzene rings is 7. The molecular weight excluding hydrogens is 609 g/mol. The van der Waals surface area contributed by atoms with Crippen LogP contribution in [0.1, 0.15) is 30.4 Å². The molecule has 0 saturated heterocycles. The number of hydrogen-bond donors (Lipinski definition) is 0. The summed E-state index contributed by atoms with van der Waals surface area (Å²) < 4.78 is 0. The highest BCUT2D eigenvalue weighted by Gasteiger charge is 2.34. The second-order valence-corrected chi connectivity index (χ2v) is 17.8. The minimum Gasteiger partial charge on any atom is -0.192 e. The van der Waals surface area contributed by atoms with Crippen LogP contribution in [0.2, 0.25) is 0 Å². The van der Waals surface area contributed by atoms with Gasteiger partial charge in [0.15, 0.2) is 0 Å². The van der Waals surface area contributed by atoms with E-state index >= 15 is 0 Å². The molecule has 0 amide bonds. The first kappa shape index (κ1) is 30.0. The molecule has 1 heterocycles. The van der Waals surface area contributed by atoms with Crippen LogP contribution in [0.15, 0.2) is 167 Å². The summed E-state index contributed by atoms with van der Waals surface area (Å²) in [5.41, 5.74) is 14.6. The normalized spacial score (nSPS) is 16.7. The fourth-order valence-corrected chi connectivity index (χ4v) is 10.9. The molecule has 0 radical (unpaired) electrons. The maximum Gasteiger partial charge on any atom is 0.00706 e. The number of fused-ring (bicyclic) bond motifs is 5. The molecule has 0 nitrogen and oxygen atoms in total. The van der Waals surface area contributed by atoms with E-state index in [2.05, 4.69) is 178 Å². The van der Waals surface area contributed by atoms with Gasteiger partial charge in [-0.2, -0.15) is 10.0 Å². The van der Waals surface area contributed by atoms with Crippen LogP contribution in [-0.4, -0.2) is 12.5 Å². The molecule has 1 aliphatic heterocycles. The smallest absolute Gasteiger partial charge is 0.00706 e. The molecule has 1 atom stereocenters. The van der Waals surface area contributed by atoms with Crippen LogP contribution >= 0.6 is 10.0 Å². The summed E-state index contributed by atoms with van der Waals surface area (Å²) in [6.07, 6.45) is 13.1. The zero-order valence-corrected chi connectivity index (χ0v) is 29.4. The Balaban J connectivity index is 1.40. The van der Waals surface area contributed by atoms with Gasteiger partial charge in [-0.25, -0.2) is 0 Å². The molecule has 7 aromatic carbocycles. The molecule has 0 saturated carbocycles. The van der Waals surface area contributed by atoms with E-state index in [4.69, 9.17) is 0 Å². The molecule has 0 aromatic heterocycles. The summed E-state index contributed by atoms with van der Waals surface area (Å²) in [4.78, 5) is 2.99. The maximum atomic E-state index is 2.60. The predicted molar refractivity (Wildman–Crippen MR) is 214 cm³/mol. The number of aryl methyl sites for hydroxylation is 1. The SMILES string of the molecule is CC1=CC(c2c3ccc(-c4ccccc4)cc3c(-c3cccc(C)c3)c3cc4c(cc23)-c2ccc(-c3ccccc3)cc2S4(C)C)CC=C1. The Bertz CT molecular complexity index is 2500. The first-order chi connectivity index (χ1) is 23.9. The second-order valence-electron chi connectivity index (χ2n) is 14.2. The van der Waals surface area contributed by atoms with Gasteiger partial charge in [0.1, 0.15) is 0 Å². The van der Waals surface area contributed by atoms with Gasteiger partial charge in [-0.1, -0.05) is 139 Å². The predicted octanol–water partition coefficient (Wildman–Crippen LogP) is 13.8. The summed E-state index contributed by atoms with van der Waals surface area (Å²) in [5, 5.41) is 5.45. The molecule has 0 N–H and O–H groups in total. The van der Waals surface area contributed by atoms with Crippen molar-refractivity contribution in [1.82, 2.24) is 0 Å². The Morgan fingerprint density at radius 1 is 0.510 bits per heavy atom. The van der Waals surface area contributed by atoms with E-state index in [1.54, 1.807) is 0 Å². The van der Waals surface area contributed by atoms with Crippen LogP contribution < -0.4 is 0 Å². The lowest BCUT2D eigenvalue weighted by Crippen LogP contribution is -2.03. The van der Waals surface area contributed by atoms with Crippen LogP contribution in [0.3, 0.4) is 0 Å². The van der Waals surface area contributed by atoms with Crippen molar-refractivity contribution in [2.75, 3.05) is 12.5 Å². The third-order valence-electron chi connectivity index (χ3n) is 10.8. The van der Waals surface area contributed by atoms with Crippen molar-refractivity contribution in [3.63, 3.8) is 0 Å². The average molecular weight is 649 g/mol. The molecule has 1 unspecified atom stereocenters. The fraction of sp³-hybridized carbons (Fsp3) is 0.125. The van der Waals surface area contributed by atoms with E-state index < -0.39 is 10.0 Å². The molecular formula is C48H40S. The molecule has 0 fully saturated rings. The third kappa shape index (κ3) is 4.91. The van der Waals surface area contributed by atoms with Gasteiger partial charge in [0.25, 0.3) is 0 Å². The van der Waals surface area contributed by atoms with Crippen molar-refractivity contribution in [2.45, 2.75) is 36.0 Å². The van der Waals surface area contributed by atoms with Crippen molar-refractivity contribution in [2.24, 2.45) is 0 Å². The van der Waals surface area contributed by atoms with E-state index in [0.717, 1.165) is 6.42 Å². The fourth-order valence-electron chi connectivity index (χ4n) is 8.38. The molecule has 2 aliphatic rings. The van der Waals surface area contributed by atoms with Gasteiger partial charge in [0.2, 0.25) is 0 Å². The summed E-state index contributed by atoms with van der Waals surface area (Å²) in [7, 11) is -1.27. The minimum absolute atomic E-state index is 0.309. The zero-order valence-electron chi connectivity index (χ0n) is 28.6. The van der Waals surface area contributed by atoms with Crippen molar-refractivity contribution in [1.29, 1.82) is 0 Å². The van der Waals surface area contributed by atoms with Gasteiger partial charge in [-0.3, -0.25) is 0 Å². The second kappa shape index (κ2) is 11.5. The van der Waals surface area contributed by atoms with Crippen molar-refractivity contribution >= 4 is 31.6 Å². The van der Waals surface area contributed by atoms with E-state index in [1.165, 1.54) is 92.5 Å². The standard InChI is InChI=1S/C48H40S/c1-31-13-11-19-37(25-31)47-40-24-22-35(33-15-7-5-8-16-33)27-42(40)48(38-20-12-14-32(2)26-38)44-30-46-41(29-43(44)47)39-23-21-36(28-45(39)49(46,3)4)34-17-9-6-10-18-34/h5-18,20-30,37H,19H2,1-4H3. The average Bonchev–Trinajstić information content (AvgIpc) is 3.35. The molecule has 1 aliphatic carbocycles. The van der Waals surface area contributed by atoms with Crippen LogP contribution in [0.5, 0.6) is 0 Å². The van der Waals surface area contributed by atoms with Crippen molar-refractivity contribution in [3.05, 3.63) is 168 Å². The lowest BCUT2D eigenvalue weighted by atomic mass is 9.79. The first-order valence-electron chi connectivity index (χ1n) is 17.3. The molecule has 0 bridgehead atoms. The first-order valence-corrected chi connectivity index (χ1v) is 19.8. The Morgan fingerprint density at radius 3 is 1.88 bits per heavy atom. The summed E-state index contributed by atoms with van der Waals surface area (Å²) in [6, 6.07) is 50.4. The molecule has 7 aromatic rings. The Labute approximate surface area is 291 Å². The third-order valence-corrected chi connectivity index (χ3v) is 13.6. The van der Waals surface area contributed by atoms with Gasteiger partial charge in [0, 0.05) is 15.7 Å². The van der Waals surface area contributed by atoms with E-state index in [0.29, 0.717) is 5.92 Å². The monoisotopic (exact) mass is 648 g/mol. The molecule has 1 heteroatoms. The van der Waals surface area contributed by atoms with Crippen LogP contribution in [0, 0.1) is 6.92 Å². The van der Waals surface area contributed by atoms with Gasteiger partial charge in [0.05, 0.1) is 0 Å². The summed E-state index contributed by atoms with van der Waals surface area (Å²) in [5.74, 6) is 0.309. The number of hydrogen-bond acceptors (Lipinski definition) is 0. The Morgan fingerprint density at radius 2 is 1.16 bits per heavy atom. The van der Waals surface area contributed by atoms with Crippen molar-refractivity contribution < 1.29 is 0 Å². The van der Waals surface area contributed by atoms with Crippen molar-refractivity contribution in [3.8, 4) is 44.5 Å². The summed E-state index contributed by atoms with van der Waals surface area (Å²) in [6.45, 7) is 4.46.